The van der Waals surface area contributed by atoms with Gasteiger partial charge in [-0.1, -0.05) is 26.0 Å². The van der Waals surface area contributed by atoms with E-state index < -0.39 is 11.6 Å². The number of rotatable bonds is 2. The Morgan fingerprint density at radius 3 is 2.00 bits per heavy atom. The molecule has 78 valence electrons. The molecule has 0 unspecified atom stereocenters. The van der Waals surface area contributed by atoms with Crippen molar-refractivity contribution in [1.29, 1.82) is 0 Å². The molecule has 0 aliphatic rings. The van der Waals surface area contributed by atoms with Gasteiger partial charge in [-0.15, -0.1) is 0 Å². The molecule has 0 fully saturated rings. The molecule has 0 bridgehead atoms. The third-order valence-corrected chi connectivity index (χ3v) is 1.56. The highest BCUT2D eigenvalue weighted by Gasteiger charge is 1.96. The fraction of sp³-hybridized carbons (Fsp3) is 0.400. The van der Waals surface area contributed by atoms with Crippen molar-refractivity contribution in [3.05, 3.63) is 35.6 Å². The van der Waals surface area contributed by atoms with Crippen LogP contribution in [0, 0.1) is 11.7 Å². The monoisotopic (exact) mass is 216 g/mol. The van der Waals surface area contributed by atoms with Gasteiger partial charge in [0.15, 0.2) is 0 Å². The van der Waals surface area contributed by atoms with Gasteiger partial charge in [0, 0.05) is 0 Å². The SMILES string of the molecule is CC(C)Cc1ccc(F)cc1.O=S=O. The molecule has 0 amide bonds. The summed E-state index contributed by atoms with van der Waals surface area (Å²) in [6.45, 7) is 4.31. The smallest absolute Gasteiger partial charge is 0.207 e. The van der Waals surface area contributed by atoms with E-state index in [1.54, 1.807) is 0 Å². The fourth-order valence-electron chi connectivity index (χ4n) is 1.09. The van der Waals surface area contributed by atoms with Crippen LogP contribution in [0.1, 0.15) is 19.4 Å². The summed E-state index contributed by atoms with van der Waals surface area (Å²) in [4.78, 5) is 0. The molecule has 0 N–H and O–H groups in total. The first-order valence-electron chi connectivity index (χ1n) is 4.26. The Morgan fingerprint density at radius 2 is 1.64 bits per heavy atom. The highest BCUT2D eigenvalue weighted by atomic mass is 32.1. The van der Waals surface area contributed by atoms with E-state index in [9.17, 15) is 4.39 Å². The third-order valence-electron chi connectivity index (χ3n) is 1.56. The lowest BCUT2D eigenvalue weighted by Crippen LogP contribution is -1.93. The first kappa shape index (κ1) is 13.0. The van der Waals surface area contributed by atoms with Crippen LogP contribution in [0.15, 0.2) is 24.3 Å². The zero-order valence-corrected chi connectivity index (χ0v) is 9.01. The lowest BCUT2D eigenvalue weighted by molar-refractivity contribution is 0.620. The molecule has 2 nitrogen and oxygen atoms in total. The minimum Gasteiger partial charge on any atom is -0.207 e. The van der Waals surface area contributed by atoms with Crippen molar-refractivity contribution in [2.24, 2.45) is 5.92 Å². The van der Waals surface area contributed by atoms with Crippen molar-refractivity contribution >= 4 is 11.6 Å². The molecule has 0 atom stereocenters. The van der Waals surface area contributed by atoms with Crippen LogP contribution in [0.4, 0.5) is 4.39 Å². The molecule has 1 rings (SSSR count). The van der Waals surface area contributed by atoms with Crippen LogP contribution in [0.25, 0.3) is 0 Å². The molecule has 0 saturated heterocycles. The molecule has 0 spiro atoms. The highest BCUT2D eigenvalue weighted by Crippen LogP contribution is 2.08. The first-order chi connectivity index (χ1) is 6.60. The molecule has 0 saturated carbocycles. The molecule has 4 heteroatoms. The number of halogens is 1. The molecule has 0 aliphatic heterocycles. The maximum atomic E-state index is 12.4. The van der Waals surface area contributed by atoms with Crippen LogP contribution in [0.5, 0.6) is 0 Å². The van der Waals surface area contributed by atoms with E-state index in [0.29, 0.717) is 5.92 Å². The summed E-state index contributed by atoms with van der Waals surface area (Å²) in [7, 11) is 0. The lowest BCUT2D eigenvalue weighted by atomic mass is 10.0. The van der Waals surface area contributed by atoms with Crippen molar-refractivity contribution in [2.75, 3.05) is 0 Å². The average molecular weight is 216 g/mol. The predicted octanol–water partition coefficient (Wildman–Crippen LogP) is 2.35. The van der Waals surface area contributed by atoms with Crippen LogP contribution < -0.4 is 0 Å². The number of benzene rings is 1. The van der Waals surface area contributed by atoms with Gasteiger partial charge in [0.05, 0.1) is 0 Å². The van der Waals surface area contributed by atoms with Crippen molar-refractivity contribution in [1.82, 2.24) is 0 Å². The van der Waals surface area contributed by atoms with E-state index in [2.05, 4.69) is 13.8 Å². The van der Waals surface area contributed by atoms with Crippen molar-refractivity contribution in [3.8, 4) is 0 Å². The minimum absolute atomic E-state index is 0.155. The van der Waals surface area contributed by atoms with Crippen molar-refractivity contribution in [3.63, 3.8) is 0 Å². The Hall–Kier alpha value is -1.03. The van der Waals surface area contributed by atoms with Crippen LogP contribution in [0.3, 0.4) is 0 Å². The Kier molecular flexibility index (Phi) is 6.84. The van der Waals surface area contributed by atoms with Crippen LogP contribution in [-0.2, 0) is 18.0 Å². The summed E-state index contributed by atoms with van der Waals surface area (Å²) in [5.41, 5.74) is 1.21. The molecule has 1 aromatic rings. The second kappa shape index (κ2) is 7.38. The normalized spacial score (nSPS) is 9.14. The second-order valence-electron chi connectivity index (χ2n) is 3.29. The van der Waals surface area contributed by atoms with Crippen LogP contribution in [0.2, 0.25) is 0 Å². The minimum atomic E-state index is -0.750. The Morgan fingerprint density at radius 1 is 1.21 bits per heavy atom. The Labute approximate surface area is 86.8 Å². The van der Waals surface area contributed by atoms with Gasteiger partial charge in [-0.05, 0) is 30.0 Å². The second-order valence-corrected chi connectivity index (χ2v) is 3.43. The van der Waals surface area contributed by atoms with E-state index in [-0.39, 0.29) is 5.82 Å². The van der Waals surface area contributed by atoms with E-state index in [4.69, 9.17) is 8.42 Å². The van der Waals surface area contributed by atoms with Crippen LogP contribution in [-0.4, -0.2) is 8.42 Å². The maximum Gasteiger partial charge on any atom is 0.335 e. The molecule has 1 aromatic carbocycles. The quantitative estimate of drug-likeness (QED) is 0.760. The van der Waals surface area contributed by atoms with Crippen molar-refractivity contribution in [2.45, 2.75) is 20.3 Å². The summed E-state index contributed by atoms with van der Waals surface area (Å²) in [5.74, 6) is 0.484. The van der Waals surface area contributed by atoms with Gasteiger partial charge in [-0.3, -0.25) is 0 Å². The summed E-state index contributed by atoms with van der Waals surface area (Å²) in [5, 5.41) is 0. The lowest BCUT2D eigenvalue weighted by Gasteiger charge is -2.03. The molecule has 0 aromatic heterocycles. The summed E-state index contributed by atoms with van der Waals surface area (Å²) in [6, 6.07) is 6.71. The summed E-state index contributed by atoms with van der Waals surface area (Å²) >= 11 is -0.750. The van der Waals surface area contributed by atoms with E-state index in [1.807, 2.05) is 12.1 Å². The van der Waals surface area contributed by atoms with Gasteiger partial charge in [0.25, 0.3) is 0 Å². The highest BCUT2D eigenvalue weighted by molar-refractivity contribution is 7.51. The largest absolute Gasteiger partial charge is 0.335 e. The van der Waals surface area contributed by atoms with Gasteiger partial charge in [0.1, 0.15) is 5.82 Å². The standard InChI is InChI=1S/C10H13F.O2S/c1-8(2)7-9-3-5-10(11)6-4-9;1-3-2/h3-6,8H,7H2,1-2H3;. The maximum absolute atomic E-state index is 12.4. The van der Waals surface area contributed by atoms with E-state index in [1.165, 1.54) is 17.7 Å². The Bertz CT molecular complexity index is 289. The molecule has 0 radical (unpaired) electrons. The van der Waals surface area contributed by atoms with Gasteiger partial charge in [-0.2, -0.15) is 8.42 Å². The average Bonchev–Trinajstić information content (AvgIpc) is 2.09. The molecule has 0 heterocycles. The Balaban J connectivity index is 0.000000500. The fourth-order valence-corrected chi connectivity index (χ4v) is 1.09. The molecular formula is C10H13FO2S. The third kappa shape index (κ3) is 6.48. The zero-order valence-electron chi connectivity index (χ0n) is 8.20. The molecule has 14 heavy (non-hydrogen) atoms. The van der Waals surface area contributed by atoms with E-state index in [0.717, 1.165) is 6.42 Å². The topological polar surface area (TPSA) is 34.1 Å². The predicted molar refractivity (Wildman–Crippen MR) is 53.9 cm³/mol. The first-order valence-corrected chi connectivity index (χ1v) is 4.93. The van der Waals surface area contributed by atoms with Crippen molar-refractivity contribution < 1.29 is 12.8 Å². The number of hydrogen-bond acceptors (Lipinski definition) is 2. The van der Waals surface area contributed by atoms with Gasteiger partial charge in [0.2, 0.25) is 0 Å². The van der Waals surface area contributed by atoms with Gasteiger partial charge < -0.3 is 0 Å². The zero-order chi connectivity index (χ0) is 11.0. The van der Waals surface area contributed by atoms with Gasteiger partial charge in [-0.25, -0.2) is 4.39 Å². The van der Waals surface area contributed by atoms with E-state index >= 15 is 0 Å². The van der Waals surface area contributed by atoms with Gasteiger partial charge >= 0.3 is 11.6 Å². The summed E-state index contributed by atoms with van der Waals surface area (Å²) < 4.78 is 29.0. The number of hydrogen-bond donors (Lipinski definition) is 0. The summed E-state index contributed by atoms with van der Waals surface area (Å²) in [6.07, 6.45) is 1.03. The molecular weight excluding hydrogens is 203 g/mol. The van der Waals surface area contributed by atoms with Crippen LogP contribution >= 0.6 is 0 Å². The molecule has 0 aliphatic carbocycles.